The third-order valence-corrected chi connectivity index (χ3v) is 3.26. The van der Waals surface area contributed by atoms with Crippen LogP contribution in [0, 0.1) is 0 Å². The molecule has 0 aliphatic heterocycles. The van der Waals surface area contributed by atoms with Crippen LogP contribution in [0.4, 0.5) is 0 Å². The minimum Gasteiger partial charge on any atom is -0.102 e. The zero-order valence-electron chi connectivity index (χ0n) is 3.32. The number of alkyl halides is 2. The van der Waals surface area contributed by atoms with Crippen LogP contribution in [-0.2, 0) is 0 Å². The SMILES string of the molecule is C=CC(Br)CI. The van der Waals surface area contributed by atoms with Crippen molar-refractivity contribution in [3.63, 3.8) is 0 Å². The highest BCUT2D eigenvalue weighted by atomic mass is 127. The first kappa shape index (κ1) is 6.95. The van der Waals surface area contributed by atoms with E-state index in [0.717, 1.165) is 4.43 Å². The molecule has 0 aliphatic rings. The van der Waals surface area contributed by atoms with E-state index in [4.69, 9.17) is 0 Å². The van der Waals surface area contributed by atoms with Gasteiger partial charge in [0, 0.05) is 9.25 Å². The Morgan fingerprint density at radius 2 is 2.50 bits per heavy atom. The van der Waals surface area contributed by atoms with E-state index in [9.17, 15) is 0 Å². The topological polar surface area (TPSA) is 0 Å². The quantitative estimate of drug-likeness (QED) is 0.406. The monoisotopic (exact) mass is 260 g/mol. The molecule has 0 rings (SSSR count). The Balaban J connectivity index is 2.96. The van der Waals surface area contributed by atoms with Crippen molar-refractivity contribution in [2.45, 2.75) is 4.83 Å². The molecule has 0 aromatic heterocycles. The zero-order valence-corrected chi connectivity index (χ0v) is 7.07. The Bertz CT molecular complexity index is 44.8. The fraction of sp³-hybridized carbons (Fsp3) is 0.500. The second-order valence-electron chi connectivity index (χ2n) is 0.906. The second-order valence-corrected chi connectivity index (χ2v) is 2.96. The van der Waals surface area contributed by atoms with Crippen molar-refractivity contribution in [2.24, 2.45) is 0 Å². The molecule has 2 heteroatoms. The average molecular weight is 261 g/mol. The van der Waals surface area contributed by atoms with Gasteiger partial charge in [0.1, 0.15) is 0 Å². The summed E-state index contributed by atoms with van der Waals surface area (Å²) in [7, 11) is 0. The van der Waals surface area contributed by atoms with Crippen LogP contribution in [0.3, 0.4) is 0 Å². The van der Waals surface area contributed by atoms with Gasteiger partial charge in [0.2, 0.25) is 0 Å². The molecule has 0 saturated heterocycles. The van der Waals surface area contributed by atoms with E-state index in [1.807, 2.05) is 6.08 Å². The molecule has 0 radical (unpaired) electrons. The van der Waals surface area contributed by atoms with Gasteiger partial charge in [0.05, 0.1) is 0 Å². The number of rotatable bonds is 2. The molecule has 0 saturated carbocycles. The van der Waals surface area contributed by atoms with Crippen LogP contribution in [0.25, 0.3) is 0 Å². The van der Waals surface area contributed by atoms with Crippen molar-refractivity contribution in [1.29, 1.82) is 0 Å². The fourth-order valence-electron chi connectivity index (χ4n) is 0.0630. The largest absolute Gasteiger partial charge is 0.102 e. The molecular formula is C4H6BrI. The first-order valence-electron chi connectivity index (χ1n) is 1.64. The summed E-state index contributed by atoms with van der Waals surface area (Å²) in [5, 5.41) is 0. The van der Waals surface area contributed by atoms with E-state index < -0.39 is 0 Å². The van der Waals surface area contributed by atoms with Crippen molar-refractivity contribution in [1.82, 2.24) is 0 Å². The van der Waals surface area contributed by atoms with Crippen molar-refractivity contribution >= 4 is 38.5 Å². The van der Waals surface area contributed by atoms with E-state index >= 15 is 0 Å². The van der Waals surface area contributed by atoms with Crippen molar-refractivity contribution in [3.05, 3.63) is 12.7 Å². The molecule has 0 aromatic rings. The highest BCUT2D eigenvalue weighted by molar-refractivity contribution is 14.1. The maximum Gasteiger partial charge on any atom is 0.0412 e. The van der Waals surface area contributed by atoms with Gasteiger partial charge in [0.15, 0.2) is 0 Å². The summed E-state index contributed by atoms with van der Waals surface area (Å²) in [6, 6.07) is 0. The standard InChI is InChI=1S/C4H6BrI/c1-2-4(5)3-6/h2,4H,1,3H2. The first-order valence-corrected chi connectivity index (χ1v) is 4.08. The molecule has 0 fully saturated rings. The van der Waals surface area contributed by atoms with Crippen LogP contribution in [0.1, 0.15) is 0 Å². The summed E-state index contributed by atoms with van der Waals surface area (Å²) in [6.45, 7) is 3.58. The normalized spacial score (nSPS) is 13.7. The maximum atomic E-state index is 3.58. The van der Waals surface area contributed by atoms with Gasteiger partial charge >= 0.3 is 0 Å². The summed E-state index contributed by atoms with van der Waals surface area (Å²) in [4.78, 5) is 0.498. The summed E-state index contributed by atoms with van der Waals surface area (Å²) in [5.41, 5.74) is 0. The summed E-state index contributed by atoms with van der Waals surface area (Å²) in [5.74, 6) is 0. The van der Waals surface area contributed by atoms with Gasteiger partial charge in [-0.15, -0.1) is 6.58 Å². The van der Waals surface area contributed by atoms with Crippen LogP contribution in [0.15, 0.2) is 12.7 Å². The van der Waals surface area contributed by atoms with E-state index in [1.165, 1.54) is 0 Å². The molecular weight excluding hydrogens is 255 g/mol. The molecule has 0 spiro atoms. The van der Waals surface area contributed by atoms with Crippen LogP contribution < -0.4 is 0 Å². The maximum absolute atomic E-state index is 3.58. The molecule has 0 heterocycles. The average Bonchev–Trinajstić information content (AvgIpc) is 1.65. The minimum absolute atomic E-state index is 0.498. The highest BCUT2D eigenvalue weighted by Gasteiger charge is 1.88. The van der Waals surface area contributed by atoms with Crippen molar-refractivity contribution in [2.75, 3.05) is 4.43 Å². The summed E-state index contributed by atoms with van der Waals surface area (Å²) >= 11 is 5.65. The van der Waals surface area contributed by atoms with Gasteiger partial charge in [-0.1, -0.05) is 44.6 Å². The summed E-state index contributed by atoms with van der Waals surface area (Å²) in [6.07, 6.45) is 1.88. The lowest BCUT2D eigenvalue weighted by Gasteiger charge is -1.89. The number of allylic oxidation sites excluding steroid dienone is 1. The second kappa shape index (κ2) is 4.12. The van der Waals surface area contributed by atoms with E-state index in [2.05, 4.69) is 45.1 Å². The van der Waals surface area contributed by atoms with Gasteiger partial charge in [-0.3, -0.25) is 0 Å². The van der Waals surface area contributed by atoms with Crippen LogP contribution in [-0.4, -0.2) is 9.25 Å². The first-order chi connectivity index (χ1) is 2.81. The van der Waals surface area contributed by atoms with Gasteiger partial charge in [-0.05, 0) is 0 Å². The molecule has 6 heavy (non-hydrogen) atoms. The predicted molar refractivity (Wildman–Crippen MR) is 41.8 cm³/mol. The van der Waals surface area contributed by atoms with Crippen molar-refractivity contribution in [3.8, 4) is 0 Å². The van der Waals surface area contributed by atoms with Crippen LogP contribution >= 0.6 is 38.5 Å². The number of halogens is 2. The fourth-order valence-corrected chi connectivity index (χ4v) is 0.423. The lowest BCUT2D eigenvalue weighted by Crippen LogP contribution is -1.88. The van der Waals surface area contributed by atoms with Gasteiger partial charge in [0.25, 0.3) is 0 Å². The van der Waals surface area contributed by atoms with Gasteiger partial charge in [-0.25, -0.2) is 0 Å². The minimum atomic E-state index is 0.498. The highest BCUT2D eigenvalue weighted by Crippen LogP contribution is 2.02. The molecule has 0 amide bonds. The Kier molecular flexibility index (Phi) is 4.77. The van der Waals surface area contributed by atoms with Gasteiger partial charge in [-0.2, -0.15) is 0 Å². The Hall–Kier alpha value is 0.950. The molecule has 1 atom stereocenters. The summed E-state index contributed by atoms with van der Waals surface area (Å²) < 4.78 is 1.10. The third kappa shape index (κ3) is 3.15. The van der Waals surface area contributed by atoms with Crippen LogP contribution in [0.5, 0.6) is 0 Å². The third-order valence-electron chi connectivity index (χ3n) is 0.403. The molecule has 0 bridgehead atoms. The van der Waals surface area contributed by atoms with Crippen LogP contribution in [0.2, 0.25) is 0 Å². The molecule has 0 N–H and O–H groups in total. The molecule has 36 valence electrons. The van der Waals surface area contributed by atoms with E-state index in [1.54, 1.807) is 0 Å². The molecule has 0 aromatic carbocycles. The Morgan fingerprint density at radius 1 is 2.00 bits per heavy atom. The van der Waals surface area contributed by atoms with Crippen molar-refractivity contribution < 1.29 is 0 Å². The Labute approximate surface area is 60.3 Å². The number of hydrogen-bond acceptors (Lipinski definition) is 0. The Morgan fingerprint density at radius 3 is 2.50 bits per heavy atom. The molecule has 0 nitrogen and oxygen atoms in total. The van der Waals surface area contributed by atoms with E-state index in [-0.39, 0.29) is 0 Å². The lowest BCUT2D eigenvalue weighted by atomic mass is 10.5. The van der Waals surface area contributed by atoms with Gasteiger partial charge < -0.3 is 0 Å². The predicted octanol–water partition coefficient (Wildman–Crippen LogP) is 2.37. The zero-order chi connectivity index (χ0) is 4.99. The molecule has 0 aliphatic carbocycles. The number of hydrogen-bond donors (Lipinski definition) is 0. The lowest BCUT2D eigenvalue weighted by molar-refractivity contribution is 1.34. The van der Waals surface area contributed by atoms with E-state index in [0.29, 0.717) is 4.83 Å². The molecule has 1 unspecified atom stereocenters. The smallest absolute Gasteiger partial charge is 0.0412 e.